The molecule has 2 aliphatic rings. The number of nitrogen functional groups attached to an aromatic ring is 1. The average molecular weight is 318 g/mol. The molecule has 2 aliphatic heterocycles. The number of nitriles is 1. The second kappa shape index (κ2) is 4.19. The van der Waals surface area contributed by atoms with Crippen LogP contribution in [0.4, 0.5) is 11.4 Å². The molecule has 0 aliphatic carbocycles. The van der Waals surface area contributed by atoms with Crippen molar-refractivity contribution in [2.75, 3.05) is 17.6 Å². The van der Waals surface area contributed by atoms with Crippen molar-refractivity contribution < 1.29 is 9.59 Å². The Bertz CT molecular complexity index is 845. The van der Waals surface area contributed by atoms with E-state index in [1.165, 1.54) is 22.7 Å². The average Bonchev–Trinajstić information content (AvgIpc) is 3.13. The predicted octanol–water partition coefficient (Wildman–Crippen LogP) is 1.97. The van der Waals surface area contributed by atoms with Gasteiger partial charge in [-0.15, -0.1) is 22.7 Å². The second-order valence-electron chi connectivity index (χ2n) is 5.07. The van der Waals surface area contributed by atoms with Gasteiger partial charge in [-0.3, -0.25) is 9.59 Å². The summed E-state index contributed by atoms with van der Waals surface area (Å²) < 4.78 is 0.806. The molecule has 0 unspecified atom stereocenters. The lowest BCUT2D eigenvalue weighted by Gasteiger charge is -2.19. The third kappa shape index (κ3) is 1.56. The lowest BCUT2D eigenvalue weighted by molar-refractivity contribution is -0.119. The van der Waals surface area contributed by atoms with Gasteiger partial charge < -0.3 is 16.0 Å². The van der Waals surface area contributed by atoms with Crippen LogP contribution in [-0.4, -0.2) is 29.3 Å². The van der Waals surface area contributed by atoms with Gasteiger partial charge in [0.25, 0.3) is 5.91 Å². The molecule has 21 heavy (non-hydrogen) atoms. The summed E-state index contributed by atoms with van der Waals surface area (Å²) in [6.07, 6.45) is 1.54. The molecule has 1 atom stereocenters. The molecule has 2 aromatic rings. The van der Waals surface area contributed by atoms with Gasteiger partial charge in [0.1, 0.15) is 21.9 Å². The van der Waals surface area contributed by atoms with Crippen LogP contribution in [-0.2, 0) is 4.79 Å². The number of nitrogens with two attached hydrogens (primary N) is 1. The molecule has 2 aromatic heterocycles. The molecule has 0 radical (unpaired) electrons. The zero-order valence-electron chi connectivity index (χ0n) is 10.8. The minimum absolute atomic E-state index is 0.114. The molecule has 2 amide bonds. The topological polar surface area (TPSA) is 99.2 Å². The van der Waals surface area contributed by atoms with Crippen LogP contribution in [0.15, 0.2) is 0 Å². The van der Waals surface area contributed by atoms with Crippen LogP contribution in [0.3, 0.4) is 0 Å². The minimum atomic E-state index is -0.387. The van der Waals surface area contributed by atoms with Gasteiger partial charge in [-0.05, 0) is 12.8 Å². The van der Waals surface area contributed by atoms with Gasteiger partial charge in [0.15, 0.2) is 0 Å². The molecule has 106 valence electrons. The molecule has 3 N–H and O–H groups in total. The Balaban J connectivity index is 1.97. The first kappa shape index (κ1) is 12.6. The van der Waals surface area contributed by atoms with Crippen molar-refractivity contribution in [3.8, 4) is 6.07 Å². The summed E-state index contributed by atoms with van der Waals surface area (Å²) in [4.78, 5) is 27.6. The van der Waals surface area contributed by atoms with E-state index in [1.54, 1.807) is 4.90 Å². The van der Waals surface area contributed by atoms with Crippen molar-refractivity contribution in [3.05, 3.63) is 9.75 Å². The lowest BCUT2D eigenvalue weighted by atomic mass is 10.2. The molecule has 1 fully saturated rings. The largest absolute Gasteiger partial charge is 0.396 e. The van der Waals surface area contributed by atoms with E-state index in [9.17, 15) is 9.59 Å². The fourth-order valence-electron chi connectivity index (χ4n) is 2.96. The summed E-state index contributed by atoms with van der Waals surface area (Å²) in [5.74, 6) is -0.277. The Morgan fingerprint density at radius 1 is 1.38 bits per heavy atom. The van der Waals surface area contributed by atoms with E-state index in [4.69, 9.17) is 11.0 Å². The SMILES string of the molecule is N#Cc1sc2sc3c(c2c1N)NC(=O)[C@H]1CCCN1C3=O. The van der Waals surface area contributed by atoms with Gasteiger partial charge in [0.05, 0.1) is 20.8 Å². The number of hydrogen-bond donors (Lipinski definition) is 2. The first-order valence-electron chi connectivity index (χ1n) is 6.48. The summed E-state index contributed by atoms with van der Waals surface area (Å²) in [5, 5.41) is 12.5. The summed E-state index contributed by atoms with van der Waals surface area (Å²) in [6, 6.07) is 1.66. The third-order valence-electron chi connectivity index (χ3n) is 3.94. The van der Waals surface area contributed by atoms with Gasteiger partial charge in [-0.2, -0.15) is 5.26 Å². The first-order valence-corrected chi connectivity index (χ1v) is 8.11. The van der Waals surface area contributed by atoms with Crippen molar-refractivity contribution >= 4 is 55.3 Å². The molecule has 6 nitrogen and oxygen atoms in total. The van der Waals surface area contributed by atoms with E-state index in [2.05, 4.69) is 5.32 Å². The molecule has 0 spiro atoms. The number of nitrogens with zero attached hydrogens (tertiary/aromatic N) is 2. The summed E-state index contributed by atoms with van der Waals surface area (Å²) in [6.45, 7) is 0.612. The standard InChI is InChI=1S/C13H10N4O2S2/c14-4-6-8(15)7-9-10(21-13(7)20-6)12(19)17-3-1-2-5(17)11(18)16-9/h5H,1-3,15H2,(H,16,18)/t5-/m1/s1. The fourth-order valence-corrected chi connectivity index (χ4v) is 5.34. The van der Waals surface area contributed by atoms with E-state index in [0.29, 0.717) is 39.5 Å². The summed E-state index contributed by atoms with van der Waals surface area (Å²) in [5.41, 5.74) is 6.83. The lowest BCUT2D eigenvalue weighted by Crippen LogP contribution is -2.40. The number of thiophene rings is 2. The van der Waals surface area contributed by atoms with Gasteiger partial charge in [0, 0.05) is 6.54 Å². The van der Waals surface area contributed by atoms with Gasteiger partial charge in [0.2, 0.25) is 5.91 Å². The van der Waals surface area contributed by atoms with Crippen LogP contribution >= 0.6 is 22.7 Å². The Morgan fingerprint density at radius 3 is 2.95 bits per heavy atom. The maximum Gasteiger partial charge on any atom is 0.266 e. The quantitative estimate of drug-likeness (QED) is 0.775. The van der Waals surface area contributed by atoms with Crippen LogP contribution in [0.25, 0.3) is 9.40 Å². The molecule has 4 rings (SSSR count). The number of fused-ring (bicyclic) bond motifs is 4. The van der Waals surface area contributed by atoms with E-state index >= 15 is 0 Å². The van der Waals surface area contributed by atoms with E-state index < -0.39 is 0 Å². The molecular weight excluding hydrogens is 308 g/mol. The summed E-state index contributed by atoms with van der Waals surface area (Å²) >= 11 is 2.57. The van der Waals surface area contributed by atoms with Crippen molar-refractivity contribution in [2.45, 2.75) is 18.9 Å². The zero-order valence-corrected chi connectivity index (χ0v) is 12.4. The first-order chi connectivity index (χ1) is 10.1. The maximum atomic E-state index is 12.6. The second-order valence-corrected chi connectivity index (χ2v) is 7.37. The highest BCUT2D eigenvalue weighted by atomic mass is 32.2. The number of rotatable bonds is 0. The van der Waals surface area contributed by atoms with Crippen LogP contribution < -0.4 is 11.1 Å². The molecule has 4 heterocycles. The van der Waals surface area contributed by atoms with Gasteiger partial charge >= 0.3 is 0 Å². The van der Waals surface area contributed by atoms with Crippen molar-refractivity contribution in [3.63, 3.8) is 0 Å². The molecule has 0 bridgehead atoms. The Hall–Kier alpha value is -2.11. The van der Waals surface area contributed by atoms with Crippen LogP contribution in [0.1, 0.15) is 27.4 Å². The maximum absolute atomic E-state index is 12.6. The van der Waals surface area contributed by atoms with Crippen molar-refractivity contribution in [1.82, 2.24) is 4.90 Å². The van der Waals surface area contributed by atoms with E-state index in [0.717, 1.165) is 10.4 Å². The van der Waals surface area contributed by atoms with Gasteiger partial charge in [-0.1, -0.05) is 0 Å². The number of carbonyl (C=O) groups is 2. The fraction of sp³-hybridized carbons (Fsp3) is 0.308. The number of nitrogens with one attached hydrogen (secondary N) is 1. The highest BCUT2D eigenvalue weighted by Crippen LogP contribution is 2.47. The van der Waals surface area contributed by atoms with Crippen LogP contribution in [0.2, 0.25) is 0 Å². The molecule has 1 saturated heterocycles. The normalized spacial score (nSPS) is 20.9. The van der Waals surface area contributed by atoms with Crippen LogP contribution in [0.5, 0.6) is 0 Å². The van der Waals surface area contributed by atoms with E-state index in [1.807, 2.05) is 6.07 Å². The summed E-state index contributed by atoms with van der Waals surface area (Å²) in [7, 11) is 0. The minimum Gasteiger partial charge on any atom is -0.396 e. The van der Waals surface area contributed by atoms with E-state index in [-0.39, 0.29) is 17.9 Å². The number of anilines is 2. The molecule has 8 heteroatoms. The molecular formula is C13H10N4O2S2. The predicted molar refractivity (Wildman–Crippen MR) is 81.5 cm³/mol. The third-order valence-corrected chi connectivity index (χ3v) is 6.32. The van der Waals surface area contributed by atoms with Crippen molar-refractivity contribution in [2.24, 2.45) is 0 Å². The Morgan fingerprint density at radius 2 is 2.19 bits per heavy atom. The number of amides is 2. The highest BCUT2D eigenvalue weighted by Gasteiger charge is 2.40. The number of carbonyl (C=O) groups excluding carboxylic acids is 2. The monoisotopic (exact) mass is 318 g/mol. The highest BCUT2D eigenvalue weighted by molar-refractivity contribution is 7.40. The van der Waals surface area contributed by atoms with Crippen LogP contribution in [0, 0.1) is 11.3 Å². The zero-order chi connectivity index (χ0) is 14.7. The van der Waals surface area contributed by atoms with Crippen molar-refractivity contribution in [1.29, 1.82) is 5.26 Å². The molecule has 0 saturated carbocycles. The van der Waals surface area contributed by atoms with Gasteiger partial charge in [-0.25, -0.2) is 0 Å². The Labute approximate surface area is 127 Å². The number of hydrogen-bond acceptors (Lipinski definition) is 6. The molecule has 0 aromatic carbocycles. The Kier molecular flexibility index (Phi) is 2.52. The smallest absolute Gasteiger partial charge is 0.266 e.